The Labute approximate surface area is 215 Å². The Balaban J connectivity index is 1.79. The van der Waals surface area contributed by atoms with Gasteiger partial charge in [-0.15, -0.1) is 0 Å². The molecule has 0 saturated heterocycles. The molecule has 0 bridgehead atoms. The summed E-state index contributed by atoms with van der Waals surface area (Å²) in [6.45, 7) is 4.43. The molecule has 0 aliphatic heterocycles. The molecular formula is C29H29NO7. The third kappa shape index (κ3) is 8.03. The van der Waals surface area contributed by atoms with Gasteiger partial charge >= 0.3 is 12.1 Å². The zero-order valence-electron chi connectivity index (χ0n) is 20.9. The second-order valence-electron chi connectivity index (χ2n) is 9.34. The Hall–Kier alpha value is -4.46. The predicted octanol–water partition coefficient (Wildman–Crippen LogP) is 4.81. The van der Waals surface area contributed by atoms with Crippen molar-refractivity contribution < 1.29 is 33.8 Å². The van der Waals surface area contributed by atoms with E-state index < -0.39 is 36.1 Å². The summed E-state index contributed by atoms with van der Waals surface area (Å²) in [7, 11) is 0. The number of rotatable bonds is 9. The molecule has 0 radical (unpaired) electrons. The molecule has 37 heavy (non-hydrogen) atoms. The molecule has 8 nitrogen and oxygen atoms in total. The molecule has 2 N–H and O–H groups in total. The minimum atomic E-state index is -1.46. The maximum Gasteiger partial charge on any atom is 0.408 e. The van der Waals surface area contributed by atoms with Crippen molar-refractivity contribution in [2.45, 2.75) is 38.8 Å². The number of phenolic OH excluding ortho intramolecular Hbond substituents is 1. The molecule has 3 rings (SSSR count). The van der Waals surface area contributed by atoms with Gasteiger partial charge in [-0.1, -0.05) is 72.8 Å². The van der Waals surface area contributed by atoms with Crippen LogP contribution in [0.1, 0.15) is 58.7 Å². The van der Waals surface area contributed by atoms with E-state index in [0.717, 1.165) is 0 Å². The first-order valence-electron chi connectivity index (χ1n) is 11.7. The van der Waals surface area contributed by atoms with Crippen molar-refractivity contribution in [3.8, 4) is 5.75 Å². The zero-order chi connectivity index (χ0) is 27.0. The molecule has 0 aromatic heterocycles. The lowest BCUT2D eigenvalue weighted by Gasteiger charge is -2.23. The number of ether oxygens (including phenoxy) is 2. The molecule has 0 saturated carbocycles. The number of aromatic hydroxyl groups is 1. The lowest BCUT2D eigenvalue weighted by molar-refractivity contribution is -0.145. The molecule has 0 aliphatic carbocycles. The van der Waals surface area contributed by atoms with Crippen LogP contribution in [0, 0.1) is 0 Å². The van der Waals surface area contributed by atoms with Gasteiger partial charge in [0.2, 0.25) is 0 Å². The molecule has 0 fully saturated rings. The number of carbonyl (C=O) groups excluding carboxylic acids is 4. The van der Waals surface area contributed by atoms with E-state index >= 15 is 0 Å². The second-order valence-corrected chi connectivity index (χ2v) is 9.34. The zero-order valence-corrected chi connectivity index (χ0v) is 20.9. The first-order valence-corrected chi connectivity index (χ1v) is 11.7. The van der Waals surface area contributed by atoms with Crippen molar-refractivity contribution in [3.63, 3.8) is 0 Å². The van der Waals surface area contributed by atoms with Gasteiger partial charge < -0.3 is 19.9 Å². The summed E-state index contributed by atoms with van der Waals surface area (Å²) in [5.74, 6) is -1.86. The molecule has 0 aliphatic rings. The largest absolute Gasteiger partial charge is 0.508 e. The van der Waals surface area contributed by atoms with Crippen LogP contribution in [0.15, 0.2) is 78.9 Å². The van der Waals surface area contributed by atoms with E-state index in [4.69, 9.17) is 9.47 Å². The first-order chi connectivity index (χ1) is 17.5. The Bertz CT molecular complexity index is 1260. The summed E-state index contributed by atoms with van der Waals surface area (Å²) in [6.07, 6.45) is -0.885. The summed E-state index contributed by atoms with van der Waals surface area (Å²) in [4.78, 5) is 50.3. The van der Waals surface area contributed by atoms with Crippen molar-refractivity contribution in [1.29, 1.82) is 0 Å². The van der Waals surface area contributed by atoms with E-state index in [0.29, 0.717) is 16.7 Å². The van der Waals surface area contributed by atoms with E-state index in [1.165, 1.54) is 12.1 Å². The Morgan fingerprint density at radius 2 is 1.41 bits per heavy atom. The molecule has 8 heteroatoms. The van der Waals surface area contributed by atoms with Crippen LogP contribution in [0.25, 0.3) is 0 Å². The topological polar surface area (TPSA) is 119 Å². The van der Waals surface area contributed by atoms with Crippen LogP contribution in [-0.2, 0) is 20.7 Å². The minimum Gasteiger partial charge on any atom is -0.508 e. The number of hydrogen-bond donors (Lipinski definition) is 2. The molecule has 1 unspecified atom stereocenters. The fourth-order valence-electron chi connectivity index (χ4n) is 3.47. The summed E-state index contributed by atoms with van der Waals surface area (Å²) >= 11 is 0. The van der Waals surface area contributed by atoms with Crippen molar-refractivity contribution >= 4 is 23.6 Å². The molecule has 1 amide bonds. The van der Waals surface area contributed by atoms with Gasteiger partial charge in [-0.3, -0.25) is 9.59 Å². The van der Waals surface area contributed by atoms with Crippen molar-refractivity contribution in [2.75, 3.05) is 6.61 Å². The van der Waals surface area contributed by atoms with Crippen LogP contribution >= 0.6 is 0 Å². The second kappa shape index (κ2) is 12.0. The van der Waals surface area contributed by atoms with Gasteiger partial charge in [0.15, 0.2) is 24.2 Å². The lowest BCUT2D eigenvalue weighted by Crippen LogP contribution is -2.39. The van der Waals surface area contributed by atoms with E-state index in [-0.39, 0.29) is 23.5 Å². The predicted molar refractivity (Wildman–Crippen MR) is 136 cm³/mol. The highest BCUT2D eigenvalue weighted by Gasteiger charge is 2.30. The average molecular weight is 504 g/mol. The number of phenols is 1. The number of ketones is 2. The molecule has 0 heterocycles. The number of amides is 1. The first kappa shape index (κ1) is 27.1. The summed E-state index contributed by atoms with van der Waals surface area (Å²) in [6, 6.07) is 19.9. The molecule has 3 aromatic carbocycles. The fourth-order valence-corrected chi connectivity index (χ4v) is 3.47. The maximum atomic E-state index is 13.0. The molecule has 0 spiro atoms. The number of carbonyl (C=O) groups is 4. The Morgan fingerprint density at radius 1 is 0.838 bits per heavy atom. The van der Waals surface area contributed by atoms with Crippen molar-refractivity contribution in [1.82, 2.24) is 5.32 Å². The summed E-state index contributed by atoms with van der Waals surface area (Å²) in [5.41, 5.74) is 0.591. The van der Waals surface area contributed by atoms with E-state index in [9.17, 15) is 24.3 Å². The third-order valence-corrected chi connectivity index (χ3v) is 5.20. The van der Waals surface area contributed by atoms with Gasteiger partial charge in [0.1, 0.15) is 11.4 Å². The van der Waals surface area contributed by atoms with Gasteiger partial charge in [0.25, 0.3) is 0 Å². The average Bonchev–Trinajstić information content (AvgIpc) is 2.86. The van der Waals surface area contributed by atoms with Gasteiger partial charge in [-0.05, 0) is 32.4 Å². The van der Waals surface area contributed by atoms with Crippen LogP contribution in [0.4, 0.5) is 4.79 Å². The minimum absolute atomic E-state index is 0.0258. The molecule has 192 valence electrons. The molecule has 1 atom stereocenters. The quantitative estimate of drug-likeness (QED) is 0.318. The van der Waals surface area contributed by atoms with Crippen molar-refractivity contribution in [2.24, 2.45) is 0 Å². The van der Waals surface area contributed by atoms with Gasteiger partial charge in [-0.25, -0.2) is 9.59 Å². The molecule has 3 aromatic rings. The normalized spacial score (nSPS) is 11.8. The summed E-state index contributed by atoms with van der Waals surface area (Å²) in [5, 5.41) is 13.1. The molecular weight excluding hydrogens is 474 g/mol. The highest BCUT2D eigenvalue weighted by atomic mass is 16.6. The highest BCUT2D eigenvalue weighted by molar-refractivity contribution is 5.98. The van der Waals surface area contributed by atoms with E-state index in [1.54, 1.807) is 81.4 Å². The fraction of sp³-hybridized carbons (Fsp3) is 0.241. The van der Waals surface area contributed by atoms with Crippen LogP contribution in [-0.4, -0.2) is 40.9 Å². The Kier molecular flexibility index (Phi) is 8.79. The van der Waals surface area contributed by atoms with Crippen LogP contribution in [0.5, 0.6) is 5.75 Å². The number of alkyl carbamates (subject to hydrolysis) is 1. The monoisotopic (exact) mass is 503 g/mol. The maximum absolute atomic E-state index is 13.0. The number of Topliss-reactive ketones (excluding diaryl/α,β-unsaturated/α-hetero) is 2. The van der Waals surface area contributed by atoms with Gasteiger partial charge in [-0.2, -0.15) is 0 Å². The highest BCUT2D eigenvalue weighted by Crippen LogP contribution is 2.28. The third-order valence-electron chi connectivity index (χ3n) is 5.20. The van der Waals surface area contributed by atoms with Gasteiger partial charge in [0, 0.05) is 23.1 Å². The lowest BCUT2D eigenvalue weighted by atomic mass is 9.99. The number of benzene rings is 3. The van der Waals surface area contributed by atoms with E-state index in [2.05, 4.69) is 5.32 Å². The smallest absolute Gasteiger partial charge is 0.408 e. The number of hydrogen-bond acceptors (Lipinski definition) is 7. The van der Waals surface area contributed by atoms with Crippen LogP contribution in [0.2, 0.25) is 0 Å². The van der Waals surface area contributed by atoms with Crippen molar-refractivity contribution in [3.05, 3.63) is 101 Å². The standard InChI is InChI=1S/C29H29NO7/c1-29(2,3)37-28(35)30-26(27(34)36-18-25(33)21-12-8-5-9-13-21)22-15-14-19(17-24(22)32)16-23(31)20-10-6-4-7-11-20/h4-15,17,26,32H,16,18H2,1-3H3,(H,30,35). The SMILES string of the molecule is CC(C)(C)OC(=O)NC(C(=O)OCC(=O)c1ccccc1)c1ccc(CC(=O)c2ccccc2)cc1O. The number of esters is 1. The summed E-state index contributed by atoms with van der Waals surface area (Å²) < 4.78 is 10.4. The Morgan fingerprint density at radius 3 is 1.95 bits per heavy atom. The van der Waals surface area contributed by atoms with Crippen LogP contribution in [0.3, 0.4) is 0 Å². The van der Waals surface area contributed by atoms with Gasteiger partial charge in [0.05, 0.1) is 0 Å². The number of nitrogens with one attached hydrogen (secondary N) is 1. The van der Waals surface area contributed by atoms with E-state index in [1.807, 2.05) is 6.07 Å². The van der Waals surface area contributed by atoms with Crippen LogP contribution < -0.4 is 5.32 Å².